The molecule has 0 heterocycles. The number of nitrogens with zero attached hydrogens (tertiary/aromatic N) is 1. The Hall–Kier alpha value is -1.63. The molecule has 7 nitrogen and oxygen atoms in total. The van der Waals surface area contributed by atoms with Gasteiger partial charge in [0.25, 0.3) is 0 Å². The smallest absolute Gasteiger partial charge is 0.318 e. The van der Waals surface area contributed by atoms with Crippen molar-refractivity contribution in [2.24, 2.45) is 5.73 Å². The molecule has 3 amide bonds. The molecule has 0 unspecified atom stereocenters. The van der Waals surface area contributed by atoms with Gasteiger partial charge in [-0.15, -0.1) is 0 Å². The molecule has 0 aliphatic heterocycles. The summed E-state index contributed by atoms with van der Waals surface area (Å²) >= 11 is 0. The van der Waals surface area contributed by atoms with Crippen LogP contribution in [0.25, 0.3) is 0 Å². The number of amides is 3. The molecule has 15 heavy (non-hydrogen) atoms. The van der Waals surface area contributed by atoms with Crippen molar-refractivity contribution in [1.29, 1.82) is 0 Å². The van der Waals surface area contributed by atoms with Crippen molar-refractivity contribution in [1.82, 2.24) is 10.2 Å². The second-order valence-corrected chi connectivity index (χ2v) is 2.92. The molecule has 0 fully saturated rings. The molecule has 0 aliphatic rings. The maximum atomic E-state index is 11.1. The number of aliphatic carboxylic acids is 1. The Morgan fingerprint density at radius 3 is 2.40 bits per heavy atom. The Bertz CT molecular complexity index is 254. The average molecular weight is 217 g/mol. The first-order valence-corrected chi connectivity index (χ1v) is 4.49. The van der Waals surface area contributed by atoms with Crippen molar-refractivity contribution < 1.29 is 19.5 Å². The number of nitrogens with one attached hydrogen (secondary N) is 1. The molecule has 7 heteroatoms. The van der Waals surface area contributed by atoms with Crippen LogP contribution in [0.5, 0.6) is 0 Å². The van der Waals surface area contributed by atoms with Crippen LogP contribution < -0.4 is 11.1 Å². The van der Waals surface area contributed by atoms with Crippen molar-refractivity contribution in [2.75, 3.05) is 19.6 Å². The van der Waals surface area contributed by atoms with Crippen LogP contribution in [0, 0.1) is 0 Å². The highest BCUT2D eigenvalue weighted by Gasteiger charge is 2.11. The van der Waals surface area contributed by atoms with Crippen LogP contribution in [-0.4, -0.2) is 47.5 Å². The minimum absolute atomic E-state index is 0.0350. The standard InChI is InChI=1S/C8H15N3O4/c1-2-11(4-3-7(13)14)5-6(12)10-8(9)15/h2-5H2,1H3,(H,13,14)(H3,9,10,12,15). The zero-order valence-electron chi connectivity index (χ0n) is 8.52. The van der Waals surface area contributed by atoms with Crippen LogP contribution >= 0.6 is 0 Å². The summed E-state index contributed by atoms with van der Waals surface area (Å²) in [4.78, 5) is 33.3. The summed E-state index contributed by atoms with van der Waals surface area (Å²) in [5, 5.41) is 10.3. The number of carboxylic acids is 1. The van der Waals surface area contributed by atoms with Crippen molar-refractivity contribution in [3.63, 3.8) is 0 Å². The SMILES string of the molecule is CCN(CCC(=O)O)CC(=O)NC(N)=O. The number of primary amides is 1. The Morgan fingerprint density at radius 1 is 1.40 bits per heavy atom. The van der Waals surface area contributed by atoms with Crippen LogP contribution in [0.15, 0.2) is 0 Å². The van der Waals surface area contributed by atoms with Gasteiger partial charge in [0.2, 0.25) is 5.91 Å². The van der Waals surface area contributed by atoms with E-state index in [4.69, 9.17) is 10.8 Å². The van der Waals surface area contributed by atoms with Crippen molar-refractivity contribution in [3.05, 3.63) is 0 Å². The number of carbonyl (C=O) groups excluding carboxylic acids is 2. The number of rotatable bonds is 6. The highest BCUT2D eigenvalue weighted by atomic mass is 16.4. The van der Waals surface area contributed by atoms with E-state index in [2.05, 4.69) is 0 Å². The van der Waals surface area contributed by atoms with Gasteiger partial charge >= 0.3 is 12.0 Å². The Morgan fingerprint density at radius 2 is 2.00 bits per heavy atom. The molecular weight excluding hydrogens is 202 g/mol. The molecule has 0 radical (unpaired) electrons. The lowest BCUT2D eigenvalue weighted by Gasteiger charge is -2.17. The minimum Gasteiger partial charge on any atom is -0.481 e. The fourth-order valence-electron chi connectivity index (χ4n) is 0.983. The van der Waals surface area contributed by atoms with Crippen LogP contribution in [-0.2, 0) is 9.59 Å². The summed E-state index contributed by atoms with van der Waals surface area (Å²) in [7, 11) is 0. The first-order valence-electron chi connectivity index (χ1n) is 4.49. The van der Waals surface area contributed by atoms with Gasteiger partial charge in [0.1, 0.15) is 0 Å². The molecule has 0 aromatic heterocycles. The second-order valence-electron chi connectivity index (χ2n) is 2.92. The summed E-state index contributed by atoms with van der Waals surface area (Å²) in [6.45, 7) is 2.55. The second kappa shape index (κ2) is 6.77. The van der Waals surface area contributed by atoms with Gasteiger partial charge in [-0.3, -0.25) is 19.8 Å². The van der Waals surface area contributed by atoms with Gasteiger partial charge in [-0.25, -0.2) is 4.79 Å². The van der Waals surface area contributed by atoms with E-state index in [1.165, 1.54) is 0 Å². The number of urea groups is 1. The molecule has 0 saturated heterocycles. The lowest BCUT2D eigenvalue weighted by Crippen LogP contribution is -2.42. The molecule has 0 spiro atoms. The highest BCUT2D eigenvalue weighted by Crippen LogP contribution is 1.91. The summed E-state index contributed by atoms with van der Waals surface area (Å²) in [5.41, 5.74) is 4.75. The third kappa shape index (κ3) is 7.44. The molecular formula is C8H15N3O4. The lowest BCUT2D eigenvalue weighted by molar-refractivity contribution is -0.137. The number of hydrogen-bond donors (Lipinski definition) is 3. The molecule has 4 N–H and O–H groups in total. The van der Waals surface area contributed by atoms with Crippen molar-refractivity contribution in [2.45, 2.75) is 13.3 Å². The molecule has 0 rings (SSSR count). The fourth-order valence-corrected chi connectivity index (χ4v) is 0.983. The van der Waals surface area contributed by atoms with Gasteiger partial charge in [0, 0.05) is 6.54 Å². The molecule has 0 saturated carbocycles. The van der Waals surface area contributed by atoms with Crippen molar-refractivity contribution in [3.8, 4) is 0 Å². The van der Waals surface area contributed by atoms with Gasteiger partial charge in [0.05, 0.1) is 13.0 Å². The maximum absolute atomic E-state index is 11.1. The predicted molar refractivity (Wildman–Crippen MR) is 52.1 cm³/mol. The van der Waals surface area contributed by atoms with E-state index < -0.39 is 17.9 Å². The highest BCUT2D eigenvalue weighted by molar-refractivity contribution is 5.94. The lowest BCUT2D eigenvalue weighted by atomic mass is 10.3. The van der Waals surface area contributed by atoms with E-state index in [1.54, 1.807) is 11.8 Å². The van der Waals surface area contributed by atoms with Crippen molar-refractivity contribution >= 4 is 17.9 Å². The minimum atomic E-state index is -0.927. The normalized spacial score (nSPS) is 10.0. The van der Waals surface area contributed by atoms with E-state index in [9.17, 15) is 14.4 Å². The molecule has 0 bridgehead atoms. The van der Waals surface area contributed by atoms with E-state index in [1.807, 2.05) is 5.32 Å². The number of carbonyl (C=O) groups is 3. The Kier molecular flexibility index (Phi) is 6.03. The molecule has 86 valence electrons. The van der Waals surface area contributed by atoms with Gasteiger partial charge in [-0.1, -0.05) is 6.92 Å². The van der Waals surface area contributed by atoms with Crippen LogP contribution in [0.3, 0.4) is 0 Å². The van der Waals surface area contributed by atoms with Crippen LogP contribution in [0.4, 0.5) is 4.79 Å². The number of nitrogens with two attached hydrogens (primary N) is 1. The van der Waals surface area contributed by atoms with Gasteiger partial charge in [0.15, 0.2) is 0 Å². The first kappa shape index (κ1) is 13.4. The number of likely N-dealkylation sites (N-methyl/N-ethyl adjacent to an activating group) is 1. The number of hydrogen-bond acceptors (Lipinski definition) is 4. The largest absolute Gasteiger partial charge is 0.481 e. The quantitative estimate of drug-likeness (QED) is 0.527. The van der Waals surface area contributed by atoms with E-state index >= 15 is 0 Å². The summed E-state index contributed by atoms with van der Waals surface area (Å²) < 4.78 is 0. The fraction of sp³-hybridized carbons (Fsp3) is 0.625. The van der Waals surface area contributed by atoms with E-state index in [0.717, 1.165) is 0 Å². The van der Waals surface area contributed by atoms with Crippen LogP contribution in [0.2, 0.25) is 0 Å². The maximum Gasteiger partial charge on any atom is 0.318 e. The van der Waals surface area contributed by atoms with Crippen LogP contribution in [0.1, 0.15) is 13.3 Å². The van der Waals surface area contributed by atoms with Gasteiger partial charge in [-0.2, -0.15) is 0 Å². The third-order valence-corrected chi connectivity index (χ3v) is 1.72. The number of carboxylic acid groups (broad SMARTS) is 1. The Labute approximate surface area is 87.2 Å². The molecule has 0 aromatic rings. The predicted octanol–water partition coefficient (Wildman–Crippen LogP) is -1.02. The first-order chi connectivity index (χ1) is 6.95. The zero-order valence-corrected chi connectivity index (χ0v) is 8.52. The monoisotopic (exact) mass is 217 g/mol. The van der Waals surface area contributed by atoms with E-state index in [0.29, 0.717) is 6.54 Å². The Balaban J connectivity index is 3.92. The van der Waals surface area contributed by atoms with Gasteiger partial charge < -0.3 is 10.8 Å². The average Bonchev–Trinajstić information content (AvgIpc) is 2.10. The summed E-state index contributed by atoms with van der Waals surface area (Å²) in [5.74, 6) is -1.46. The zero-order chi connectivity index (χ0) is 11.8. The molecule has 0 aliphatic carbocycles. The summed E-state index contributed by atoms with van der Waals surface area (Å²) in [6, 6.07) is -0.908. The number of imide groups is 1. The van der Waals surface area contributed by atoms with Gasteiger partial charge in [-0.05, 0) is 6.54 Å². The van der Waals surface area contributed by atoms with E-state index in [-0.39, 0.29) is 19.5 Å². The molecule has 0 aromatic carbocycles. The topological polar surface area (TPSA) is 113 Å². The third-order valence-electron chi connectivity index (χ3n) is 1.72. The summed E-state index contributed by atoms with van der Waals surface area (Å²) in [6.07, 6.45) is -0.0440. The molecule has 0 atom stereocenters.